The first-order valence-electron chi connectivity index (χ1n) is 9.82. The standard InChI is InChI=1S/C23H18FN3O4/c1-31-17-7-3-2-5-15(17)26-22(29)18-16-6-4-12-25-27(16)20(19(18)23(26)30)21(28)13-8-10-14(24)11-9-13/h2-12,16,18-20H,1H3/t16-,18-,19-,20+/m1/s1. The molecule has 0 aromatic heterocycles. The number of carbonyl (C=O) groups is 3. The van der Waals surface area contributed by atoms with E-state index in [1.165, 1.54) is 42.6 Å². The number of benzene rings is 2. The molecule has 0 unspecified atom stereocenters. The van der Waals surface area contributed by atoms with Crippen molar-refractivity contribution < 1.29 is 23.5 Å². The summed E-state index contributed by atoms with van der Waals surface area (Å²) >= 11 is 0. The number of methoxy groups -OCH3 is 1. The Labute approximate surface area is 177 Å². The molecule has 156 valence electrons. The Hall–Kier alpha value is -3.81. The fraction of sp³-hybridized carbons (Fsp3) is 0.217. The summed E-state index contributed by atoms with van der Waals surface area (Å²) in [6.45, 7) is 0. The number of hydrogen-bond donors (Lipinski definition) is 0. The number of Topliss-reactive ketones (excluding diaryl/α,β-unsaturated/α-hetero) is 1. The third kappa shape index (κ3) is 2.78. The number of allylic oxidation sites excluding steroid dienone is 1. The number of hydrogen-bond acceptors (Lipinski definition) is 6. The number of amides is 2. The lowest BCUT2D eigenvalue weighted by molar-refractivity contribution is -0.123. The summed E-state index contributed by atoms with van der Waals surface area (Å²) in [7, 11) is 1.46. The van der Waals surface area contributed by atoms with Gasteiger partial charge in [0.2, 0.25) is 11.8 Å². The quantitative estimate of drug-likeness (QED) is 0.562. The zero-order valence-electron chi connectivity index (χ0n) is 16.5. The smallest absolute Gasteiger partial charge is 0.240 e. The molecule has 3 aliphatic heterocycles. The van der Waals surface area contributed by atoms with Gasteiger partial charge in [0.05, 0.1) is 30.7 Å². The molecule has 2 aromatic carbocycles. The predicted octanol–water partition coefficient (Wildman–Crippen LogP) is 2.43. The Kier molecular flexibility index (Phi) is 4.43. The third-order valence-electron chi connectivity index (χ3n) is 6.01. The van der Waals surface area contributed by atoms with Crippen LogP contribution in [0.25, 0.3) is 0 Å². The number of imide groups is 1. The first-order valence-corrected chi connectivity index (χ1v) is 9.82. The normalized spacial score (nSPS) is 26.3. The van der Waals surface area contributed by atoms with Crippen molar-refractivity contribution in [3.05, 3.63) is 72.1 Å². The van der Waals surface area contributed by atoms with Crippen LogP contribution in [0.4, 0.5) is 10.1 Å². The molecule has 2 aromatic rings. The first kappa shape index (κ1) is 19.2. The first-order chi connectivity index (χ1) is 15.0. The Morgan fingerprint density at radius 1 is 1.03 bits per heavy atom. The van der Waals surface area contributed by atoms with E-state index in [2.05, 4.69) is 5.10 Å². The largest absolute Gasteiger partial charge is 0.495 e. The number of hydrazone groups is 1. The van der Waals surface area contributed by atoms with Crippen molar-refractivity contribution in [2.45, 2.75) is 12.1 Å². The highest BCUT2D eigenvalue weighted by atomic mass is 19.1. The summed E-state index contributed by atoms with van der Waals surface area (Å²) in [6.07, 6.45) is 5.00. The molecule has 0 aliphatic carbocycles. The number of ketones is 1. The number of nitrogens with zero attached hydrogens (tertiary/aromatic N) is 3. The van der Waals surface area contributed by atoms with Gasteiger partial charge < -0.3 is 4.74 Å². The van der Waals surface area contributed by atoms with E-state index >= 15 is 0 Å². The summed E-state index contributed by atoms with van der Waals surface area (Å²) in [5, 5.41) is 5.82. The van der Waals surface area contributed by atoms with E-state index in [0.717, 1.165) is 4.90 Å². The molecular formula is C23H18FN3O4. The molecule has 5 rings (SSSR count). The summed E-state index contributed by atoms with van der Waals surface area (Å²) in [5.41, 5.74) is 0.601. The Balaban J connectivity index is 1.59. The maximum Gasteiger partial charge on any atom is 0.240 e. The van der Waals surface area contributed by atoms with Gasteiger partial charge in [-0.3, -0.25) is 19.4 Å². The van der Waals surface area contributed by atoms with Crippen LogP contribution in [0, 0.1) is 17.7 Å². The predicted molar refractivity (Wildman–Crippen MR) is 110 cm³/mol. The zero-order chi connectivity index (χ0) is 21.7. The second-order valence-corrected chi connectivity index (χ2v) is 7.57. The van der Waals surface area contributed by atoms with Gasteiger partial charge in [-0.2, -0.15) is 5.10 Å². The van der Waals surface area contributed by atoms with Crippen molar-refractivity contribution in [2.24, 2.45) is 16.9 Å². The topological polar surface area (TPSA) is 79.3 Å². The van der Waals surface area contributed by atoms with Gasteiger partial charge in [0, 0.05) is 11.8 Å². The number of halogens is 1. The number of fused-ring (bicyclic) bond motifs is 3. The molecule has 3 heterocycles. The Bertz CT molecular complexity index is 1140. The van der Waals surface area contributed by atoms with E-state index in [4.69, 9.17) is 4.74 Å². The summed E-state index contributed by atoms with van der Waals surface area (Å²) < 4.78 is 18.7. The summed E-state index contributed by atoms with van der Waals surface area (Å²) in [6, 6.07) is 10.4. The van der Waals surface area contributed by atoms with E-state index in [-0.39, 0.29) is 11.3 Å². The fourth-order valence-electron chi connectivity index (χ4n) is 4.67. The summed E-state index contributed by atoms with van der Waals surface area (Å²) in [4.78, 5) is 41.5. The number of para-hydroxylation sites is 2. The minimum absolute atomic E-state index is 0.256. The number of anilines is 1. The molecule has 7 nitrogen and oxygen atoms in total. The van der Waals surface area contributed by atoms with Gasteiger partial charge in [0.15, 0.2) is 5.78 Å². The molecule has 0 N–H and O–H groups in total. The number of carbonyl (C=O) groups excluding carboxylic acids is 3. The molecule has 8 heteroatoms. The van der Waals surface area contributed by atoms with Crippen molar-refractivity contribution >= 4 is 29.5 Å². The molecule has 4 atom stereocenters. The molecule has 0 spiro atoms. The molecule has 2 amide bonds. The van der Waals surface area contributed by atoms with Crippen LogP contribution in [0.3, 0.4) is 0 Å². The van der Waals surface area contributed by atoms with Gasteiger partial charge in [0.25, 0.3) is 0 Å². The van der Waals surface area contributed by atoms with Crippen molar-refractivity contribution in [2.75, 3.05) is 12.0 Å². The van der Waals surface area contributed by atoms with E-state index < -0.39 is 41.6 Å². The summed E-state index contributed by atoms with van der Waals surface area (Å²) in [5.74, 6) is -3.01. The Morgan fingerprint density at radius 2 is 1.74 bits per heavy atom. The van der Waals surface area contributed by atoms with Crippen LogP contribution < -0.4 is 9.64 Å². The zero-order valence-corrected chi connectivity index (χ0v) is 16.5. The lowest BCUT2D eigenvalue weighted by Gasteiger charge is -2.30. The number of ether oxygens (including phenoxy) is 1. The molecule has 3 aliphatic rings. The van der Waals surface area contributed by atoms with Crippen molar-refractivity contribution in [3.63, 3.8) is 0 Å². The minimum Gasteiger partial charge on any atom is -0.495 e. The van der Waals surface area contributed by atoms with Crippen LogP contribution in [-0.2, 0) is 9.59 Å². The molecule has 0 saturated carbocycles. The highest BCUT2D eigenvalue weighted by Crippen LogP contribution is 2.47. The van der Waals surface area contributed by atoms with Gasteiger partial charge in [-0.15, -0.1) is 0 Å². The lowest BCUT2D eigenvalue weighted by Crippen LogP contribution is -2.46. The molecule has 0 radical (unpaired) electrons. The molecule has 31 heavy (non-hydrogen) atoms. The van der Waals surface area contributed by atoms with Gasteiger partial charge in [0.1, 0.15) is 17.6 Å². The van der Waals surface area contributed by atoms with Crippen LogP contribution in [0.15, 0.2) is 65.8 Å². The monoisotopic (exact) mass is 419 g/mol. The second-order valence-electron chi connectivity index (χ2n) is 7.57. The highest BCUT2D eigenvalue weighted by Gasteiger charge is 2.64. The lowest BCUT2D eigenvalue weighted by atomic mass is 9.86. The molecular weight excluding hydrogens is 401 g/mol. The van der Waals surface area contributed by atoms with Gasteiger partial charge in [-0.1, -0.05) is 18.2 Å². The van der Waals surface area contributed by atoms with Crippen LogP contribution in [0.5, 0.6) is 5.75 Å². The maximum absolute atomic E-state index is 13.5. The molecule has 0 bridgehead atoms. The van der Waals surface area contributed by atoms with E-state index in [1.54, 1.807) is 36.4 Å². The minimum atomic E-state index is -0.974. The van der Waals surface area contributed by atoms with Crippen LogP contribution >= 0.6 is 0 Å². The van der Waals surface area contributed by atoms with Crippen molar-refractivity contribution in [1.29, 1.82) is 0 Å². The molecule has 2 saturated heterocycles. The van der Waals surface area contributed by atoms with Gasteiger partial charge >= 0.3 is 0 Å². The van der Waals surface area contributed by atoms with E-state index in [0.29, 0.717) is 11.4 Å². The van der Waals surface area contributed by atoms with E-state index in [9.17, 15) is 18.8 Å². The SMILES string of the molecule is COc1ccccc1N1C(=O)[C@@H]2[C@H](C1=O)[C@H]1C=CC=NN1[C@@H]2C(=O)c1ccc(F)cc1. The second kappa shape index (κ2) is 7.16. The van der Waals surface area contributed by atoms with E-state index in [1.807, 2.05) is 0 Å². The van der Waals surface area contributed by atoms with Crippen molar-refractivity contribution in [3.8, 4) is 5.75 Å². The highest BCUT2D eigenvalue weighted by molar-refractivity contribution is 6.25. The average Bonchev–Trinajstić information content (AvgIpc) is 3.26. The molecule has 2 fully saturated rings. The van der Waals surface area contributed by atoms with Gasteiger partial charge in [-0.25, -0.2) is 9.29 Å². The van der Waals surface area contributed by atoms with Gasteiger partial charge in [-0.05, 0) is 42.5 Å². The average molecular weight is 419 g/mol. The maximum atomic E-state index is 13.5. The van der Waals surface area contributed by atoms with Crippen molar-refractivity contribution in [1.82, 2.24) is 5.01 Å². The third-order valence-corrected chi connectivity index (χ3v) is 6.01. The fourth-order valence-corrected chi connectivity index (χ4v) is 4.67. The Morgan fingerprint density at radius 3 is 2.48 bits per heavy atom. The van der Waals surface area contributed by atoms with Crippen LogP contribution in [-0.4, -0.2) is 48.0 Å². The van der Waals surface area contributed by atoms with Crippen LogP contribution in [0.2, 0.25) is 0 Å². The number of rotatable bonds is 4. The van der Waals surface area contributed by atoms with Crippen LogP contribution in [0.1, 0.15) is 10.4 Å².